The number of amides is 1. The number of aromatic nitrogens is 3. The van der Waals surface area contributed by atoms with Crippen LogP contribution >= 0.6 is 11.3 Å². The molecule has 1 atom stereocenters. The Hall–Kier alpha value is -2.51. The zero-order valence-electron chi connectivity index (χ0n) is 14.6. The highest BCUT2D eigenvalue weighted by atomic mass is 32.1. The largest absolute Gasteiger partial charge is 0.333 e. The van der Waals surface area contributed by atoms with E-state index in [2.05, 4.69) is 23.1 Å². The molecule has 0 aliphatic carbocycles. The molecular weight excluding hydrogens is 346 g/mol. The average molecular weight is 367 g/mol. The summed E-state index contributed by atoms with van der Waals surface area (Å²) in [6.45, 7) is 3.32. The number of likely N-dealkylation sites (tertiary alicyclic amines) is 1. The molecule has 2 aromatic heterocycles. The van der Waals surface area contributed by atoms with Crippen molar-refractivity contribution in [2.45, 2.75) is 25.8 Å². The molecule has 6 nitrogen and oxygen atoms in total. The summed E-state index contributed by atoms with van der Waals surface area (Å²) in [5.41, 5.74) is 9.38. The van der Waals surface area contributed by atoms with E-state index in [1.165, 1.54) is 11.3 Å². The second-order valence-electron chi connectivity index (χ2n) is 6.53. The van der Waals surface area contributed by atoms with Crippen molar-refractivity contribution in [2.24, 2.45) is 5.73 Å². The second-order valence-corrected chi connectivity index (χ2v) is 7.39. The number of hydrogen-bond acceptors (Lipinski definition) is 5. The van der Waals surface area contributed by atoms with Crippen molar-refractivity contribution < 1.29 is 4.79 Å². The van der Waals surface area contributed by atoms with E-state index in [0.717, 1.165) is 41.2 Å². The van der Waals surface area contributed by atoms with Crippen LogP contribution in [0.25, 0.3) is 16.3 Å². The van der Waals surface area contributed by atoms with E-state index in [4.69, 9.17) is 5.73 Å². The molecule has 7 heteroatoms. The number of nitrogens with zero attached hydrogens (tertiary/aromatic N) is 4. The van der Waals surface area contributed by atoms with Gasteiger partial charge in [0.15, 0.2) is 0 Å². The zero-order valence-corrected chi connectivity index (χ0v) is 15.4. The zero-order chi connectivity index (χ0) is 18.1. The van der Waals surface area contributed by atoms with Crippen molar-refractivity contribution in [1.82, 2.24) is 19.7 Å². The van der Waals surface area contributed by atoms with Crippen LogP contribution in [-0.2, 0) is 0 Å². The van der Waals surface area contributed by atoms with Crippen LogP contribution < -0.4 is 5.73 Å². The Morgan fingerprint density at radius 3 is 3.04 bits per heavy atom. The minimum absolute atomic E-state index is 0.0215. The predicted molar refractivity (Wildman–Crippen MR) is 103 cm³/mol. The molecule has 1 amide bonds. The topological polar surface area (TPSA) is 77.0 Å². The second kappa shape index (κ2) is 7.01. The summed E-state index contributed by atoms with van der Waals surface area (Å²) in [7, 11) is 0. The standard InChI is InChI=1S/C19H21N5OS/c1-13-5-2-3-7-17(13)24-11-14(10-21-24)18-22-16(12-26-18)19(25)23-8-4-6-15(23)9-20/h2-3,5,7,10-12,15H,4,6,8-9,20H2,1H3. The Morgan fingerprint density at radius 1 is 1.38 bits per heavy atom. The van der Waals surface area contributed by atoms with E-state index in [1.54, 1.807) is 6.20 Å². The fraction of sp³-hybridized carbons (Fsp3) is 0.316. The fourth-order valence-corrected chi connectivity index (χ4v) is 4.15. The SMILES string of the molecule is Cc1ccccc1-n1cc(-c2nc(C(=O)N3CCCC3CN)cs2)cn1. The summed E-state index contributed by atoms with van der Waals surface area (Å²) >= 11 is 1.47. The van der Waals surface area contributed by atoms with Crippen molar-refractivity contribution in [3.63, 3.8) is 0 Å². The smallest absolute Gasteiger partial charge is 0.273 e. The molecule has 26 heavy (non-hydrogen) atoms. The highest BCUT2D eigenvalue weighted by Crippen LogP contribution is 2.27. The lowest BCUT2D eigenvalue weighted by atomic mass is 10.2. The van der Waals surface area contributed by atoms with Gasteiger partial charge in [0.25, 0.3) is 5.91 Å². The van der Waals surface area contributed by atoms with Gasteiger partial charge in [-0.15, -0.1) is 11.3 Å². The number of carbonyl (C=O) groups is 1. The van der Waals surface area contributed by atoms with E-state index >= 15 is 0 Å². The van der Waals surface area contributed by atoms with Crippen molar-refractivity contribution in [1.29, 1.82) is 0 Å². The average Bonchev–Trinajstić information content (AvgIpc) is 3.40. The first-order chi connectivity index (χ1) is 12.7. The van der Waals surface area contributed by atoms with Crippen LogP contribution in [0.15, 0.2) is 42.0 Å². The van der Waals surface area contributed by atoms with E-state index in [0.29, 0.717) is 12.2 Å². The molecule has 4 rings (SSSR count). The lowest BCUT2D eigenvalue weighted by Crippen LogP contribution is -2.40. The molecule has 1 unspecified atom stereocenters. The van der Waals surface area contributed by atoms with Gasteiger partial charge in [-0.2, -0.15) is 5.10 Å². The van der Waals surface area contributed by atoms with E-state index in [1.807, 2.05) is 39.4 Å². The van der Waals surface area contributed by atoms with Crippen molar-refractivity contribution in [2.75, 3.05) is 13.1 Å². The van der Waals surface area contributed by atoms with Gasteiger partial charge in [0.2, 0.25) is 0 Å². The molecule has 0 spiro atoms. The lowest BCUT2D eigenvalue weighted by molar-refractivity contribution is 0.0736. The molecule has 1 aromatic carbocycles. The van der Waals surface area contributed by atoms with Gasteiger partial charge in [0.05, 0.1) is 11.9 Å². The molecular formula is C19H21N5OS. The summed E-state index contributed by atoms with van der Waals surface area (Å²) in [6, 6.07) is 8.23. The van der Waals surface area contributed by atoms with Crippen LogP contribution in [0.1, 0.15) is 28.9 Å². The number of para-hydroxylation sites is 1. The third-order valence-electron chi connectivity index (χ3n) is 4.83. The first-order valence-corrected chi connectivity index (χ1v) is 9.63. The van der Waals surface area contributed by atoms with Crippen LogP contribution in [0, 0.1) is 6.92 Å². The monoisotopic (exact) mass is 367 g/mol. The molecule has 1 aliphatic heterocycles. The normalized spacial score (nSPS) is 17.0. The van der Waals surface area contributed by atoms with Gasteiger partial charge >= 0.3 is 0 Å². The van der Waals surface area contributed by atoms with Gasteiger partial charge < -0.3 is 10.6 Å². The number of nitrogens with two attached hydrogens (primary N) is 1. The van der Waals surface area contributed by atoms with Gasteiger partial charge in [-0.25, -0.2) is 9.67 Å². The third kappa shape index (κ3) is 3.04. The Balaban J connectivity index is 1.57. The minimum atomic E-state index is -0.0215. The van der Waals surface area contributed by atoms with E-state index in [-0.39, 0.29) is 11.9 Å². The van der Waals surface area contributed by atoms with Gasteiger partial charge in [-0.1, -0.05) is 18.2 Å². The molecule has 1 fully saturated rings. The maximum Gasteiger partial charge on any atom is 0.273 e. The van der Waals surface area contributed by atoms with E-state index < -0.39 is 0 Å². The first kappa shape index (κ1) is 16.9. The number of hydrogen-bond donors (Lipinski definition) is 1. The van der Waals surface area contributed by atoms with Crippen LogP contribution in [0.4, 0.5) is 0 Å². The minimum Gasteiger partial charge on any atom is -0.333 e. The Bertz CT molecular complexity index is 931. The number of rotatable bonds is 4. The predicted octanol–water partition coefficient (Wildman–Crippen LogP) is 2.87. The number of benzene rings is 1. The van der Waals surface area contributed by atoms with Crippen LogP contribution in [-0.4, -0.2) is 44.7 Å². The van der Waals surface area contributed by atoms with Crippen molar-refractivity contribution in [3.8, 4) is 16.3 Å². The summed E-state index contributed by atoms with van der Waals surface area (Å²) in [5, 5.41) is 7.08. The number of aryl methyl sites for hydroxylation is 1. The summed E-state index contributed by atoms with van der Waals surface area (Å²) < 4.78 is 1.85. The third-order valence-corrected chi connectivity index (χ3v) is 5.72. The molecule has 0 radical (unpaired) electrons. The molecule has 134 valence electrons. The van der Waals surface area contributed by atoms with Crippen molar-refractivity contribution in [3.05, 3.63) is 53.3 Å². The number of thiazole rings is 1. The van der Waals surface area contributed by atoms with Crippen molar-refractivity contribution >= 4 is 17.2 Å². The Labute approximate surface area is 156 Å². The van der Waals surface area contributed by atoms with E-state index in [9.17, 15) is 4.79 Å². The maximum atomic E-state index is 12.7. The molecule has 0 bridgehead atoms. The van der Waals surface area contributed by atoms with Crippen LogP contribution in [0.5, 0.6) is 0 Å². The molecule has 1 saturated heterocycles. The van der Waals surface area contributed by atoms with Gasteiger partial charge in [0, 0.05) is 36.3 Å². The lowest BCUT2D eigenvalue weighted by Gasteiger charge is -2.22. The highest BCUT2D eigenvalue weighted by molar-refractivity contribution is 7.13. The van der Waals surface area contributed by atoms with Crippen LogP contribution in [0.3, 0.4) is 0 Å². The van der Waals surface area contributed by atoms with Crippen LogP contribution in [0.2, 0.25) is 0 Å². The molecule has 3 heterocycles. The first-order valence-electron chi connectivity index (χ1n) is 8.75. The van der Waals surface area contributed by atoms with Gasteiger partial charge in [-0.05, 0) is 31.4 Å². The molecule has 3 aromatic rings. The Morgan fingerprint density at radius 2 is 2.23 bits per heavy atom. The number of carbonyl (C=O) groups excluding carboxylic acids is 1. The summed E-state index contributed by atoms with van der Waals surface area (Å²) in [5.74, 6) is -0.0215. The summed E-state index contributed by atoms with van der Waals surface area (Å²) in [4.78, 5) is 19.1. The molecule has 0 saturated carbocycles. The molecule has 2 N–H and O–H groups in total. The highest BCUT2D eigenvalue weighted by Gasteiger charge is 2.29. The summed E-state index contributed by atoms with van der Waals surface area (Å²) in [6.07, 6.45) is 5.72. The fourth-order valence-electron chi connectivity index (χ4n) is 3.39. The Kier molecular flexibility index (Phi) is 4.57. The van der Waals surface area contributed by atoms with Gasteiger partial charge in [0.1, 0.15) is 10.7 Å². The maximum absolute atomic E-state index is 12.7. The quantitative estimate of drug-likeness (QED) is 0.769. The van der Waals surface area contributed by atoms with Gasteiger partial charge in [-0.3, -0.25) is 4.79 Å². The molecule has 1 aliphatic rings.